The molecule has 0 aliphatic rings. The van der Waals surface area contributed by atoms with Crippen molar-refractivity contribution in [3.8, 4) is 5.75 Å². The van der Waals surface area contributed by atoms with Gasteiger partial charge in [-0.25, -0.2) is 4.98 Å². The van der Waals surface area contributed by atoms with Crippen molar-refractivity contribution in [2.75, 3.05) is 12.4 Å². The number of carbonyl (C=O) groups is 1. The maximum atomic E-state index is 13.1. The molecule has 6 nitrogen and oxygen atoms in total. The van der Waals surface area contributed by atoms with Crippen LogP contribution < -0.4 is 15.6 Å². The van der Waals surface area contributed by atoms with Gasteiger partial charge in [0.15, 0.2) is 5.82 Å². The molecule has 0 unspecified atom stereocenters. The number of nitrogens with zero attached hydrogens (tertiary/aromatic N) is 2. The molecule has 0 saturated heterocycles. The smallest absolute Gasteiger partial charge is 0.294 e. The first kappa shape index (κ1) is 18.4. The predicted octanol–water partition coefficient (Wildman–Crippen LogP) is 3.71. The highest BCUT2D eigenvalue weighted by atomic mass is 16.5. The lowest BCUT2D eigenvalue weighted by atomic mass is 10.2. The van der Waals surface area contributed by atoms with Crippen LogP contribution in [0.1, 0.15) is 15.9 Å². The van der Waals surface area contributed by atoms with Crippen LogP contribution in [-0.2, 0) is 6.54 Å². The van der Waals surface area contributed by atoms with Gasteiger partial charge in [0.25, 0.3) is 11.5 Å². The average molecular weight is 385 g/mol. The Morgan fingerprint density at radius 1 is 0.966 bits per heavy atom. The molecule has 0 saturated carbocycles. The largest absolute Gasteiger partial charge is 0.497 e. The minimum absolute atomic E-state index is 0.000416. The molecule has 6 heteroatoms. The zero-order valence-corrected chi connectivity index (χ0v) is 15.8. The fraction of sp³-hybridized carbons (Fsp3) is 0.0870. The van der Waals surface area contributed by atoms with E-state index in [2.05, 4.69) is 10.3 Å². The quantitative estimate of drug-likeness (QED) is 0.568. The molecule has 0 fully saturated rings. The summed E-state index contributed by atoms with van der Waals surface area (Å²) in [5.74, 6) is 0.245. The van der Waals surface area contributed by atoms with Crippen LogP contribution in [0.25, 0.3) is 11.0 Å². The van der Waals surface area contributed by atoms with Crippen molar-refractivity contribution in [1.29, 1.82) is 0 Å². The van der Waals surface area contributed by atoms with E-state index in [0.717, 1.165) is 5.56 Å². The molecule has 0 aliphatic heterocycles. The summed E-state index contributed by atoms with van der Waals surface area (Å²) in [6, 6.07) is 23.7. The van der Waals surface area contributed by atoms with Gasteiger partial charge in [-0.2, -0.15) is 0 Å². The molecular formula is C23H19N3O3. The Hall–Kier alpha value is -3.93. The first-order chi connectivity index (χ1) is 14.2. The normalized spacial score (nSPS) is 10.7. The standard InChI is InChI=1S/C23H19N3O3/c1-29-18-13-11-17(12-14-18)22(27)25-21-23(28)26(15-16-7-3-2-4-8-16)20-10-6-5-9-19(20)24-21/h2-14H,15H2,1H3,(H,24,25,27). The second kappa shape index (κ2) is 7.98. The Morgan fingerprint density at radius 3 is 2.38 bits per heavy atom. The number of carbonyl (C=O) groups excluding carboxylic acids is 1. The number of fused-ring (bicyclic) bond motifs is 1. The van der Waals surface area contributed by atoms with Crippen LogP contribution in [0.5, 0.6) is 5.75 Å². The number of amides is 1. The van der Waals surface area contributed by atoms with Crippen molar-refractivity contribution in [2.24, 2.45) is 0 Å². The minimum atomic E-state index is -0.404. The zero-order valence-electron chi connectivity index (χ0n) is 15.8. The zero-order chi connectivity index (χ0) is 20.2. The van der Waals surface area contributed by atoms with Crippen molar-refractivity contribution in [2.45, 2.75) is 6.54 Å². The lowest BCUT2D eigenvalue weighted by Gasteiger charge is -2.13. The van der Waals surface area contributed by atoms with Gasteiger partial charge in [-0.3, -0.25) is 14.2 Å². The third-order valence-electron chi connectivity index (χ3n) is 4.62. The van der Waals surface area contributed by atoms with E-state index in [9.17, 15) is 9.59 Å². The van der Waals surface area contributed by atoms with Gasteiger partial charge in [-0.15, -0.1) is 0 Å². The third kappa shape index (κ3) is 3.87. The van der Waals surface area contributed by atoms with E-state index >= 15 is 0 Å². The number of hydrogen-bond acceptors (Lipinski definition) is 4. The van der Waals surface area contributed by atoms with Crippen molar-refractivity contribution in [1.82, 2.24) is 9.55 Å². The summed E-state index contributed by atoms with van der Waals surface area (Å²) in [5, 5.41) is 2.66. The van der Waals surface area contributed by atoms with E-state index < -0.39 is 5.91 Å². The fourth-order valence-electron chi connectivity index (χ4n) is 3.12. The minimum Gasteiger partial charge on any atom is -0.497 e. The van der Waals surface area contributed by atoms with Crippen LogP contribution in [0.15, 0.2) is 83.7 Å². The van der Waals surface area contributed by atoms with Crippen LogP contribution in [0.2, 0.25) is 0 Å². The summed E-state index contributed by atoms with van der Waals surface area (Å²) in [4.78, 5) is 30.1. The van der Waals surface area contributed by atoms with E-state index in [0.29, 0.717) is 28.9 Å². The molecule has 1 N–H and O–H groups in total. The summed E-state index contributed by atoms with van der Waals surface area (Å²) in [5.41, 5.74) is 2.39. The Labute approximate surface area is 167 Å². The Bertz CT molecular complexity index is 1220. The van der Waals surface area contributed by atoms with E-state index in [4.69, 9.17) is 4.74 Å². The van der Waals surface area contributed by atoms with Gasteiger partial charge in [-0.05, 0) is 42.0 Å². The number of hydrogen-bond donors (Lipinski definition) is 1. The van der Waals surface area contributed by atoms with Gasteiger partial charge in [0.2, 0.25) is 0 Å². The molecule has 0 aliphatic carbocycles. The van der Waals surface area contributed by atoms with Crippen molar-refractivity contribution < 1.29 is 9.53 Å². The highest BCUT2D eigenvalue weighted by Gasteiger charge is 2.15. The molecule has 1 heterocycles. The van der Waals surface area contributed by atoms with Gasteiger partial charge in [0.1, 0.15) is 5.75 Å². The molecule has 1 amide bonds. The third-order valence-corrected chi connectivity index (χ3v) is 4.62. The number of rotatable bonds is 5. The first-order valence-corrected chi connectivity index (χ1v) is 9.14. The summed E-state index contributed by atoms with van der Waals surface area (Å²) in [6.45, 7) is 0.383. The Balaban J connectivity index is 1.73. The average Bonchev–Trinajstić information content (AvgIpc) is 2.77. The van der Waals surface area contributed by atoms with Crippen LogP contribution in [0.3, 0.4) is 0 Å². The lowest BCUT2D eigenvalue weighted by Crippen LogP contribution is -2.28. The molecule has 0 bridgehead atoms. The van der Waals surface area contributed by atoms with Gasteiger partial charge in [0, 0.05) is 5.56 Å². The predicted molar refractivity (Wildman–Crippen MR) is 112 cm³/mol. The highest BCUT2D eigenvalue weighted by Crippen LogP contribution is 2.16. The first-order valence-electron chi connectivity index (χ1n) is 9.14. The van der Waals surface area contributed by atoms with E-state index in [1.807, 2.05) is 54.6 Å². The Kier molecular flexibility index (Phi) is 5.07. The number of aromatic nitrogens is 2. The number of methoxy groups -OCH3 is 1. The van der Waals surface area contributed by atoms with Gasteiger partial charge < -0.3 is 10.1 Å². The summed E-state index contributed by atoms with van der Waals surface area (Å²) < 4.78 is 6.74. The monoisotopic (exact) mass is 385 g/mol. The molecule has 0 spiro atoms. The van der Waals surface area contributed by atoms with Crippen LogP contribution in [-0.4, -0.2) is 22.6 Å². The molecule has 29 heavy (non-hydrogen) atoms. The Morgan fingerprint density at radius 2 is 1.66 bits per heavy atom. The van der Waals surface area contributed by atoms with Gasteiger partial charge in [-0.1, -0.05) is 42.5 Å². The van der Waals surface area contributed by atoms with Crippen molar-refractivity contribution in [3.05, 3.63) is 100 Å². The number of ether oxygens (including phenoxy) is 1. The molecule has 0 radical (unpaired) electrons. The van der Waals surface area contributed by atoms with E-state index in [1.54, 1.807) is 35.9 Å². The van der Waals surface area contributed by atoms with Crippen LogP contribution in [0, 0.1) is 0 Å². The molecule has 0 atom stereocenters. The molecule has 4 rings (SSSR count). The highest BCUT2D eigenvalue weighted by molar-refractivity contribution is 6.04. The van der Waals surface area contributed by atoms with Crippen LogP contribution in [0.4, 0.5) is 5.82 Å². The van der Waals surface area contributed by atoms with Gasteiger partial charge >= 0.3 is 0 Å². The van der Waals surface area contributed by atoms with Gasteiger partial charge in [0.05, 0.1) is 24.7 Å². The summed E-state index contributed by atoms with van der Waals surface area (Å²) >= 11 is 0. The lowest BCUT2D eigenvalue weighted by molar-refractivity contribution is 0.102. The molecule has 4 aromatic rings. The molecule has 144 valence electrons. The maximum absolute atomic E-state index is 13.1. The van der Waals surface area contributed by atoms with Crippen LogP contribution >= 0.6 is 0 Å². The maximum Gasteiger partial charge on any atom is 0.294 e. The summed E-state index contributed by atoms with van der Waals surface area (Å²) in [7, 11) is 1.56. The van der Waals surface area contributed by atoms with E-state index in [-0.39, 0.29) is 11.4 Å². The van der Waals surface area contributed by atoms with E-state index in [1.165, 1.54) is 0 Å². The second-order valence-corrected chi connectivity index (χ2v) is 6.51. The fourth-order valence-corrected chi connectivity index (χ4v) is 3.12. The number of nitrogens with one attached hydrogen (secondary N) is 1. The molecule has 3 aromatic carbocycles. The number of para-hydroxylation sites is 2. The molecular weight excluding hydrogens is 366 g/mol. The number of anilines is 1. The van der Waals surface area contributed by atoms with Crippen molar-refractivity contribution in [3.63, 3.8) is 0 Å². The topological polar surface area (TPSA) is 73.2 Å². The number of benzene rings is 3. The summed E-state index contributed by atoms with van der Waals surface area (Å²) in [6.07, 6.45) is 0. The molecule has 1 aromatic heterocycles. The SMILES string of the molecule is COc1ccc(C(=O)Nc2nc3ccccc3n(Cc3ccccc3)c2=O)cc1. The van der Waals surface area contributed by atoms with Crippen molar-refractivity contribution >= 4 is 22.8 Å². The second-order valence-electron chi connectivity index (χ2n) is 6.51.